The Kier molecular flexibility index (Phi) is 4.11. The lowest BCUT2D eigenvalue weighted by molar-refractivity contribution is 0.0949. The van der Waals surface area contributed by atoms with Crippen LogP contribution in [0.15, 0.2) is 34.9 Å². The van der Waals surface area contributed by atoms with Crippen LogP contribution >= 0.6 is 0 Å². The van der Waals surface area contributed by atoms with Crippen LogP contribution in [0.25, 0.3) is 10.9 Å². The molecular weight excluding hydrogens is 330 g/mol. The zero-order valence-corrected chi connectivity index (χ0v) is 14.9. The Morgan fingerprint density at radius 1 is 1.31 bits per heavy atom. The third kappa shape index (κ3) is 2.92. The Bertz CT molecular complexity index is 997. The van der Waals surface area contributed by atoms with E-state index in [-0.39, 0.29) is 24.0 Å². The molecule has 3 heterocycles. The van der Waals surface area contributed by atoms with Gasteiger partial charge >= 0.3 is 0 Å². The molecule has 3 aromatic rings. The maximum atomic E-state index is 12.7. The first-order valence-corrected chi connectivity index (χ1v) is 8.93. The summed E-state index contributed by atoms with van der Waals surface area (Å²) < 4.78 is 7.28. The smallest absolute Gasteiger partial charge is 0.267 e. The number of benzene rings is 1. The summed E-state index contributed by atoms with van der Waals surface area (Å²) in [6, 6.07) is 9.31. The first kappa shape index (κ1) is 16.6. The van der Waals surface area contributed by atoms with Gasteiger partial charge in [0.25, 0.3) is 5.91 Å². The number of Topliss-reactive ketones (excluding diaryl/α,β-unsaturated/α-hetero) is 1. The van der Waals surface area contributed by atoms with Gasteiger partial charge < -0.3 is 14.4 Å². The SMILES string of the molecule is CC(C)c1cc(CC(=O)c2ccc3cc4n(c3c2)CCCNC4=O)on1. The van der Waals surface area contributed by atoms with Crippen molar-refractivity contribution in [3.05, 3.63) is 53.0 Å². The average Bonchev–Trinajstić information content (AvgIpc) is 3.18. The zero-order chi connectivity index (χ0) is 18.3. The highest BCUT2D eigenvalue weighted by Gasteiger charge is 2.20. The molecule has 0 radical (unpaired) electrons. The van der Waals surface area contributed by atoms with Crippen LogP contribution < -0.4 is 5.32 Å². The van der Waals surface area contributed by atoms with Crippen molar-refractivity contribution in [1.82, 2.24) is 15.0 Å². The molecule has 2 aromatic heterocycles. The molecule has 6 heteroatoms. The largest absolute Gasteiger partial charge is 0.361 e. The molecule has 0 saturated heterocycles. The molecule has 134 valence electrons. The summed E-state index contributed by atoms with van der Waals surface area (Å²) in [6.07, 6.45) is 1.05. The highest BCUT2D eigenvalue weighted by Crippen LogP contribution is 2.24. The summed E-state index contributed by atoms with van der Waals surface area (Å²) in [5.41, 5.74) is 3.04. The van der Waals surface area contributed by atoms with Crippen molar-refractivity contribution in [2.24, 2.45) is 0 Å². The Labute approximate surface area is 151 Å². The molecule has 1 aliphatic heterocycles. The summed E-state index contributed by atoms with van der Waals surface area (Å²) in [5, 5.41) is 7.87. The first-order chi connectivity index (χ1) is 12.5. The second kappa shape index (κ2) is 6.44. The zero-order valence-electron chi connectivity index (χ0n) is 14.9. The lowest BCUT2D eigenvalue weighted by Gasteiger charge is -2.06. The van der Waals surface area contributed by atoms with E-state index in [2.05, 4.69) is 10.5 Å². The number of aromatic nitrogens is 2. The number of carbonyl (C=O) groups is 2. The van der Waals surface area contributed by atoms with Crippen molar-refractivity contribution in [3.8, 4) is 0 Å². The average molecular weight is 351 g/mol. The maximum absolute atomic E-state index is 12.7. The van der Waals surface area contributed by atoms with Crippen LogP contribution in [0.1, 0.15) is 58.5 Å². The Morgan fingerprint density at radius 2 is 2.15 bits per heavy atom. The van der Waals surface area contributed by atoms with Gasteiger partial charge in [-0.3, -0.25) is 9.59 Å². The quantitative estimate of drug-likeness (QED) is 0.732. The Morgan fingerprint density at radius 3 is 2.92 bits per heavy atom. The normalized spacial score (nSPS) is 14.3. The van der Waals surface area contributed by atoms with E-state index in [0.717, 1.165) is 29.6 Å². The van der Waals surface area contributed by atoms with Crippen molar-refractivity contribution >= 4 is 22.6 Å². The van der Waals surface area contributed by atoms with Gasteiger partial charge in [-0.2, -0.15) is 0 Å². The molecule has 1 aromatic carbocycles. The molecule has 0 aliphatic carbocycles. The third-order valence-corrected chi connectivity index (χ3v) is 4.81. The van der Waals surface area contributed by atoms with Gasteiger partial charge in [0.15, 0.2) is 5.78 Å². The van der Waals surface area contributed by atoms with Gasteiger partial charge in [0.05, 0.1) is 12.1 Å². The van der Waals surface area contributed by atoms with E-state index in [1.165, 1.54) is 0 Å². The molecule has 26 heavy (non-hydrogen) atoms. The number of aryl methyl sites for hydroxylation is 1. The van der Waals surface area contributed by atoms with Gasteiger partial charge in [-0.25, -0.2) is 0 Å². The molecule has 0 unspecified atom stereocenters. The van der Waals surface area contributed by atoms with E-state index in [0.29, 0.717) is 23.6 Å². The molecule has 0 fully saturated rings. The predicted octanol–water partition coefficient (Wildman–Crippen LogP) is 3.31. The van der Waals surface area contributed by atoms with Gasteiger partial charge in [0.2, 0.25) is 0 Å². The molecule has 1 amide bonds. The fourth-order valence-corrected chi connectivity index (χ4v) is 3.33. The van der Waals surface area contributed by atoms with Crippen molar-refractivity contribution in [2.75, 3.05) is 6.54 Å². The summed E-state index contributed by atoms with van der Waals surface area (Å²) in [6.45, 7) is 5.50. The summed E-state index contributed by atoms with van der Waals surface area (Å²) in [4.78, 5) is 24.9. The number of ketones is 1. The van der Waals surface area contributed by atoms with Gasteiger partial charge in [-0.15, -0.1) is 0 Å². The highest BCUT2D eigenvalue weighted by atomic mass is 16.5. The molecule has 0 bridgehead atoms. The summed E-state index contributed by atoms with van der Waals surface area (Å²) in [5.74, 6) is 0.759. The van der Waals surface area contributed by atoms with Crippen molar-refractivity contribution in [2.45, 2.75) is 39.2 Å². The van der Waals surface area contributed by atoms with Crippen LogP contribution in [0.4, 0.5) is 0 Å². The van der Waals surface area contributed by atoms with Crippen LogP contribution in [0, 0.1) is 0 Å². The molecule has 4 rings (SSSR count). The van der Waals surface area contributed by atoms with Crippen molar-refractivity contribution < 1.29 is 14.1 Å². The van der Waals surface area contributed by atoms with Crippen molar-refractivity contribution in [1.29, 1.82) is 0 Å². The molecule has 1 aliphatic rings. The Hall–Kier alpha value is -2.89. The van der Waals surface area contributed by atoms with E-state index in [4.69, 9.17) is 4.52 Å². The fourth-order valence-electron chi connectivity index (χ4n) is 3.33. The first-order valence-electron chi connectivity index (χ1n) is 8.93. The van der Waals surface area contributed by atoms with Gasteiger partial charge in [-0.1, -0.05) is 31.1 Å². The lowest BCUT2D eigenvalue weighted by Crippen LogP contribution is -2.22. The molecule has 0 saturated carbocycles. The third-order valence-electron chi connectivity index (χ3n) is 4.81. The summed E-state index contributed by atoms with van der Waals surface area (Å²) >= 11 is 0. The minimum atomic E-state index is -0.0607. The minimum Gasteiger partial charge on any atom is -0.361 e. The second-order valence-electron chi connectivity index (χ2n) is 7.04. The Balaban J connectivity index is 1.65. The topological polar surface area (TPSA) is 77.1 Å². The highest BCUT2D eigenvalue weighted by molar-refractivity contribution is 6.03. The maximum Gasteiger partial charge on any atom is 0.267 e. The lowest BCUT2D eigenvalue weighted by atomic mass is 10.0. The van der Waals surface area contributed by atoms with E-state index in [1.54, 1.807) is 0 Å². The van der Waals surface area contributed by atoms with Gasteiger partial charge in [-0.05, 0) is 24.5 Å². The van der Waals surface area contributed by atoms with Crippen LogP contribution in [-0.4, -0.2) is 28.0 Å². The molecule has 0 atom stereocenters. The molecule has 6 nitrogen and oxygen atoms in total. The van der Waals surface area contributed by atoms with Gasteiger partial charge in [0.1, 0.15) is 11.5 Å². The van der Waals surface area contributed by atoms with Crippen LogP contribution in [0.2, 0.25) is 0 Å². The van der Waals surface area contributed by atoms with E-state index < -0.39 is 0 Å². The number of rotatable bonds is 4. The monoisotopic (exact) mass is 351 g/mol. The van der Waals surface area contributed by atoms with Crippen molar-refractivity contribution in [3.63, 3.8) is 0 Å². The van der Waals surface area contributed by atoms with E-state index in [9.17, 15) is 9.59 Å². The number of fused-ring (bicyclic) bond motifs is 3. The second-order valence-corrected chi connectivity index (χ2v) is 7.04. The number of amides is 1. The summed E-state index contributed by atoms with van der Waals surface area (Å²) in [7, 11) is 0. The number of carbonyl (C=O) groups excluding carboxylic acids is 2. The number of hydrogen-bond donors (Lipinski definition) is 1. The number of nitrogens with one attached hydrogen (secondary N) is 1. The standard InChI is InChI=1S/C20H21N3O3/c1-12(2)16-10-15(26-22-16)11-19(24)14-5-4-13-8-18-20(25)21-6-3-7-23(18)17(13)9-14/h4-5,8-10,12H,3,6-7,11H2,1-2H3,(H,21,25). The van der Waals surface area contributed by atoms with Crippen LogP contribution in [-0.2, 0) is 13.0 Å². The molecule has 1 N–H and O–H groups in total. The van der Waals surface area contributed by atoms with E-state index >= 15 is 0 Å². The van der Waals surface area contributed by atoms with E-state index in [1.807, 2.05) is 48.7 Å². The van der Waals surface area contributed by atoms with Gasteiger partial charge in [0, 0.05) is 35.6 Å². The van der Waals surface area contributed by atoms with Crippen LogP contribution in [0.3, 0.4) is 0 Å². The van der Waals surface area contributed by atoms with Crippen LogP contribution in [0.5, 0.6) is 0 Å². The minimum absolute atomic E-state index is 0.0213. The molecular formula is C20H21N3O3. The molecule has 0 spiro atoms. The fraction of sp³-hybridized carbons (Fsp3) is 0.350. The number of hydrogen-bond acceptors (Lipinski definition) is 4. The predicted molar refractivity (Wildman–Crippen MR) is 97.5 cm³/mol. The number of nitrogens with zero attached hydrogens (tertiary/aromatic N) is 2.